The first-order valence-electron chi connectivity index (χ1n) is 7.51. The highest BCUT2D eigenvalue weighted by molar-refractivity contribution is 5.86. The van der Waals surface area contributed by atoms with Gasteiger partial charge in [-0.2, -0.15) is 5.10 Å². The van der Waals surface area contributed by atoms with E-state index in [-0.39, 0.29) is 5.88 Å². The van der Waals surface area contributed by atoms with Crippen LogP contribution < -0.4 is 15.4 Å². The van der Waals surface area contributed by atoms with Crippen molar-refractivity contribution >= 4 is 23.3 Å². The zero-order valence-electron chi connectivity index (χ0n) is 14.0. The van der Waals surface area contributed by atoms with Crippen LogP contribution in [0.15, 0.2) is 36.9 Å². The molecule has 0 aliphatic carbocycles. The minimum absolute atomic E-state index is 0.150. The predicted octanol–water partition coefficient (Wildman–Crippen LogP) is 2.58. The first-order chi connectivity index (χ1) is 12.0. The number of nitrogens with zero attached hydrogens (tertiary/aromatic N) is 5. The summed E-state index contributed by atoms with van der Waals surface area (Å²) in [6, 6.07) is 5.25. The fourth-order valence-corrected chi connectivity index (χ4v) is 2.06. The lowest BCUT2D eigenvalue weighted by atomic mass is 10.3. The minimum atomic E-state index is -0.680. The van der Waals surface area contributed by atoms with Crippen molar-refractivity contribution in [1.29, 1.82) is 0 Å². The van der Waals surface area contributed by atoms with Crippen LogP contribution in [-0.2, 0) is 7.05 Å². The standard InChI is InChI=1S/C16H17N7O2/c1-10-4-5-12(20-13-8-17-9-18-11(13)2)15(19-10)25-16(24)21-14-6-7-23(3)22-14/h4-9,20H,1-3H3,(H,21,22,24). The highest BCUT2D eigenvalue weighted by Crippen LogP contribution is 2.27. The number of anilines is 3. The molecule has 0 aromatic carbocycles. The number of pyridine rings is 1. The highest BCUT2D eigenvalue weighted by Gasteiger charge is 2.14. The number of hydrogen-bond acceptors (Lipinski definition) is 7. The average Bonchev–Trinajstić information content (AvgIpc) is 2.96. The lowest BCUT2D eigenvalue weighted by Crippen LogP contribution is -2.18. The fraction of sp³-hybridized carbons (Fsp3) is 0.188. The highest BCUT2D eigenvalue weighted by atomic mass is 16.6. The third kappa shape index (κ3) is 4.08. The van der Waals surface area contributed by atoms with Crippen LogP contribution in [-0.4, -0.2) is 30.8 Å². The number of hydrogen-bond donors (Lipinski definition) is 2. The molecule has 9 nitrogen and oxygen atoms in total. The minimum Gasteiger partial charge on any atom is -0.389 e. The average molecular weight is 339 g/mol. The Balaban J connectivity index is 1.79. The molecule has 128 valence electrons. The van der Waals surface area contributed by atoms with Crippen LogP contribution in [0.1, 0.15) is 11.4 Å². The molecule has 9 heteroatoms. The van der Waals surface area contributed by atoms with Gasteiger partial charge >= 0.3 is 6.09 Å². The number of carbonyl (C=O) groups excluding carboxylic acids is 1. The van der Waals surface area contributed by atoms with Gasteiger partial charge in [0.1, 0.15) is 12.0 Å². The van der Waals surface area contributed by atoms with E-state index >= 15 is 0 Å². The maximum absolute atomic E-state index is 12.1. The van der Waals surface area contributed by atoms with Crippen molar-refractivity contribution in [3.05, 3.63) is 48.3 Å². The van der Waals surface area contributed by atoms with Gasteiger partial charge in [0.25, 0.3) is 0 Å². The largest absolute Gasteiger partial charge is 0.419 e. The molecule has 3 aromatic rings. The van der Waals surface area contributed by atoms with Crippen molar-refractivity contribution in [3.63, 3.8) is 0 Å². The van der Waals surface area contributed by atoms with Gasteiger partial charge in [-0.3, -0.25) is 10.00 Å². The SMILES string of the molecule is Cc1ccc(Nc2cncnc2C)c(OC(=O)Nc2ccn(C)n2)n1. The number of amides is 1. The zero-order chi connectivity index (χ0) is 17.8. The fourth-order valence-electron chi connectivity index (χ4n) is 2.06. The lowest BCUT2D eigenvalue weighted by Gasteiger charge is -2.12. The number of nitrogens with one attached hydrogen (secondary N) is 2. The second kappa shape index (κ2) is 6.95. The van der Waals surface area contributed by atoms with Crippen LogP contribution >= 0.6 is 0 Å². The Hall–Kier alpha value is -3.49. The number of ether oxygens (including phenoxy) is 1. The van der Waals surface area contributed by atoms with Gasteiger partial charge in [0.15, 0.2) is 5.82 Å². The summed E-state index contributed by atoms with van der Waals surface area (Å²) in [7, 11) is 1.75. The van der Waals surface area contributed by atoms with Crippen molar-refractivity contribution in [2.45, 2.75) is 13.8 Å². The Labute approximate surface area is 144 Å². The van der Waals surface area contributed by atoms with Gasteiger partial charge in [-0.15, -0.1) is 0 Å². The first-order valence-corrected chi connectivity index (χ1v) is 7.51. The molecule has 0 unspecified atom stereocenters. The number of rotatable bonds is 4. The van der Waals surface area contributed by atoms with Gasteiger partial charge in [0, 0.05) is 25.0 Å². The third-order valence-electron chi connectivity index (χ3n) is 3.31. The molecule has 0 spiro atoms. The van der Waals surface area contributed by atoms with Gasteiger partial charge in [-0.05, 0) is 26.0 Å². The van der Waals surface area contributed by atoms with E-state index < -0.39 is 6.09 Å². The second-order valence-electron chi connectivity index (χ2n) is 5.34. The smallest absolute Gasteiger partial charge is 0.389 e. The van der Waals surface area contributed by atoms with Gasteiger partial charge in [0.05, 0.1) is 17.6 Å². The maximum atomic E-state index is 12.1. The van der Waals surface area contributed by atoms with Crippen LogP contribution in [0.3, 0.4) is 0 Å². The van der Waals surface area contributed by atoms with Crippen LogP contribution in [0.2, 0.25) is 0 Å². The van der Waals surface area contributed by atoms with Crippen LogP contribution in [0, 0.1) is 13.8 Å². The summed E-state index contributed by atoms with van der Waals surface area (Å²) < 4.78 is 6.91. The van der Waals surface area contributed by atoms with Crippen molar-refractivity contribution in [3.8, 4) is 5.88 Å². The molecule has 2 N–H and O–H groups in total. The Kier molecular flexibility index (Phi) is 4.55. The van der Waals surface area contributed by atoms with E-state index in [2.05, 4.69) is 30.7 Å². The van der Waals surface area contributed by atoms with Crippen molar-refractivity contribution in [2.75, 3.05) is 10.6 Å². The van der Waals surface area contributed by atoms with Gasteiger partial charge < -0.3 is 10.1 Å². The molecular weight excluding hydrogens is 322 g/mol. The summed E-state index contributed by atoms with van der Waals surface area (Å²) in [5.41, 5.74) is 2.70. The molecule has 25 heavy (non-hydrogen) atoms. The number of carbonyl (C=O) groups is 1. The van der Waals surface area contributed by atoms with Crippen molar-refractivity contribution in [1.82, 2.24) is 24.7 Å². The Morgan fingerprint density at radius 3 is 2.76 bits per heavy atom. The first kappa shape index (κ1) is 16.4. The molecule has 0 saturated carbocycles. The summed E-state index contributed by atoms with van der Waals surface area (Å²) in [5, 5.41) is 9.74. The Morgan fingerprint density at radius 1 is 1.20 bits per heavy atom. The summed E-state index contributed by atoms with van der Waals surface area (Å²) in [5.74, 6) is 0.540. The molecule has 0 saturated heterocycles. The molecular formula is C16H17N7O2. The Bertz CT molecular complexity index is 907. The van der Waals surface area contributed by atoms with Gasteiger partial charge in [0.2, 0.25) is 5.88 Å². The van der Waals surface area contributed by atoms with Gasteiger partial charge in [-0.1, -0.05) is 0 Å². The molecule has 3 rings (SSSR count). The normalized spacial score (nSPS) is 10.4. The van der Waals surface area contributed by atoms with Crippen LogP contribution in [0.5, 0.6) is 5.88 Å². The topological polar surface area (TPSA) is 107 Å². The van der Waals surface area contributed by atoms with E-state index in [1.165, 1.54) is 6.33 Å². The molecule has 0 fully saturated rings. The van der Waals surface area contributed by atoms with E-state index in [4.69, 9.17) is 4.74 Å². The maximum Gasteiger partial charge on any atom is 0.419 e. The molecule has 0 radical (unpaired) electrons. The van der Waals surface area contributed by atoms with Crippen LogP contribution in [0.25, 0.3) is 0 Å². The Morgan fingerprint density at radius 2 is 2.04 bits per heavy atom. The predicted molar refractivity (Wildman–Crippen MR) is 91.9 cm³/mol. The van der Waals surface area contributed by atoms with E-state index in [1.807, 2.05) is 19.9 Å². The summed E-state index contributed by atoms with van der Waals surface area (Å²) in [4.78, 5) is 24.5. The molecule has 0 aliphatic rings. The second-order valence-corrected chi connectivity index (χ2v) is 5.34. The van der Waals surface area contributed by atoms with E-state index in [0.29, 0.717) is 22.9 Å². The van der Waals surface area contributed by atoms with Crippen molar-refractivity contribution < 1.29 is 9.53 Å². The number of aromatic nitrogens is 5. The third-order valence-corrected chi connectivity index (χ3v) is 3.31. The van der Waals surface area contributed by atoms with Crippen LogP contribution in [0.4, 0.5) is 22.0 Å². The van der Waals surface area contributed by atoms with E-state index in [1.54, 1.807) is 36.3 Å². The number of aryl methyl sites for hydroxylation is 3. The monoisotopic (exact) mass is 339 g/mol. The van der Waals surface area contributed by atoms with Crippen molar-refractivity contribution in [2.24, 2.45) is 7.05 Å². The van der Waals surface area contributed by atoms with E-state index in [9.17, 15) is 4.79 Å². The molecule has 1 amide bonds. The quantitative estimate of drug-likeness (QED) is 0.752. The summed E-state index contributed by atoms with van der Waals surface area (Å²) in [6.07, 6.45) is 4.14. The molecule has 0 aliphatic heterocycles. The summed E-state index contributed by atoms with van der Waals surface area (Å²) >= 11 is 0. The molecule has 0 atom stereocenters. The molecule has 3 aromatic heterocycles. The zero-order valence-corrected chi connectivity index (χ0v) is 14.0. The lowest BCUT2D eigenvalue weighted by molar-refractivity contribution is 0.213. The molecule has 0 bridgehead atoms. The van der Waals surface area contributed by atoms with Gasteiger partial charge in [-0.25, -0.2) is 19.7 Å². The van der Waals surface area contributed by atoms with E-state index in [0.717, 1.165) is 5.69 Å². The summed E-state index contributed by atoms with van der Waals surface area (Å²) in [6.45, 7) is 3.66. The molecule has 3 heterocycles.